The largest absolute Gasteiger partial charge is 0.380 e. The fraction of sp³-hybridized carbons (Fsp3) is 0.857. The Balaban J connectivity index is 2.12. The highest BCUT2D eigenvalue weighted by molar-refractivity contribution is 4.91. The Bertz CT molecular complexity index is 336. The Hall–Kier alpha value is -0.940. The van der Waals surface area contributed by atoms with Gasteiger partial charge in [0.05, 0.1) is 18.8 Å². The number of nitrogens with one attached hydrogen (secondary N) is 1. The normalized spacial score (nSPS) is 11.7. The quantitative estimate of drug-likeness (QED) is 0.660. The average molecular weight is 268 g/mol. The van der Waals surface area contributed by atoms with Crippen molar-refractivity contribution in [1.82, 2.24) is 20.3 Å². The number of nitrogens with zero attached hydrogens (tertiary/aromatic N) is 3. The lowest BCUT2D eigenvalue weighted by Gasteiger charge is -2.06. The van der Waals surface area contributed by atoms with Crippen molar-refractivity contribution in [2.75, 3.05) is 19.8 Å². The second kappa shape index (κ2) is 9.04. The third-order valence-electron chi connectivity index (χ3n) is 2.75. The smallest absolute Gasteiger partial charge is 0.0964 e. The molecule has 5 nitrogen and oxygen atoms in total. The summed E-state index contributed by atoms with van der Waals surface area (Å²) in [5, 5.41) is 11.6. The summed E-state index contributed by atoms with van der Waals surface area (Å²) in [6, 6.07) is 0. The van der Waals surface area contributed by atoms with E-state index in [1.54, 1.807) is 0 Å². The zero-order chi connectivity index (χ0) is 14.1. The van der Waals surface area contributed by atoms with E-state index in [-0.39, 0.29) is 0 Å². The molecule has 1 aromatic rings. The Kier molecular flexibility index (Phi) is 7.67. The topological polar surface area (TPSA) is 52.0 Å². The highest BCUT2D eigenvalue weighted by atomic mass is 16.5. The Morgan fingerprint density at radius 3 is 2.68 bits per heavy atom. The Morgan fingerprint density at radius 1 is 1.21 bits per heavy atom. The van der Waals surface area contributed by atoms with Gasteiger partial charge in [0.15, 0.2) is 0 Å². The van der Waals surface area contributed by atoms with E-state index in [1.165, 1.54) is 0 Å². The van der Waals surface area contributed by atoms with Crippen molar-refractivity contribution in [3.63, 3.8) is 0 Å². The van der Waals surface area contributed by atoms with E-state index in [4.69, 9.17) is 4.74 Å². The predicted molar refractivity (Wildman–Crippen MR) is 76.8 cm³/mol. The van der Waals surface area contributed by atoms with E-state index in [9.17, 15) is 0 Å². The van der Waals surface area contributed by atoms with Crippen molar-refractivity contribution in [2.45, 2.75) is 47.2 Å². The van der Waals surface area contributed by atoms with Crippen molar-refractivity contribution < 1.29 is 4.74 Å². The first-order valence-electron chi connectivity index (χ1n) is 7.25. The first kappa shape index (κ1) is 16.1. The minimum absolute atomic E-state index is 0.657. The zero-order valence-corrected chi connectivity index (χ0v) is 12.7. The lowest BCUT2D eigenvalue weighted by molar-refractivity contribution is 0.113. The van der Waals surface area contributed by atoms with E-state index < -0.39 is 0 Å². The van der Waals surface area contributed by atoms with Crippen molar-refractivity contribution in [3.8, 4) is 0 Å². The molecule has 0 saturated heterocycles. The first-order valence-corrected chi connectivity index (χ1v) is 7.25. The summed E-state index contributed by atoms with van der Waals surface area (Å²) in [6.07, 6.45) is 3.10. The molecule has 0 atom stereocenters. The van der Waals surface area contributed by atoms with Gasteiger partial charge >= 0.3 is 0 Å². The molecule has 0 spiro atoms. The molecule has 0 aromatic carbocycles. The Morgan fingerprint density at radius 2 is 2.00 bits per heavy atom. The lowest BCUT2D eigenvalue weighted by atomic mass is 10.1. The minimum Gasteiger partial charge on any atom is -0.380 e. The molecule has 1 aromatic heterocycles. The summed E-state index contributed by atoms with van der Waals surface area (Å²) in [5.41, 5.74) is 0.989. The van der Waals surface area contributed by atoms with E-state index in [1.807, 2.05) is 10.9 Å². The molecule has 0 bridgehead atoms. The van der Waals surface area contributed by atoms with E-state index in [0.717, 1.165) is 38.4 Å². The van der Waals surface area contributed by atoms with Crippen molar-refractivity contribution >= 4 is 0 Å². The molecule has 0 unspecified atom stereocenters. The van der Waals surface area contributed by atoms with Crippen LogP contribution < -0.4 is 5.32 Å². The van der Waals surface area contributed by atoms with Crippen LogP contribution in [0.5, 0.6) is 0 Å². The molecular formula is C14H28N4O. The zero-order valence-electron chi connectivity index (χ0n) is 12.7. The van der Waals surface area contributed by atoms with Crippen molar-refractivity contribution in [1.29, 1.82) is 0 Å². The molecule has 0 aliphatic rings. The summed E-state index contributed by atoms with van der Waals surface area (Å²) in [4.78, 5) is 0. The van der Waals surface area contributed by atoms with Crippen LogP contribution in [-0.4, -0.2) is 34.8 Å². The fourth-order valence-electron chi connectivity index (χ4n) is 1.60. The van der Waals surface area contributed by atoms with Gasteiger partial charge in [-0.1, -0.05) is 32.9 Å². The number of hydrogen-bond acceptors (Lipinski definition) is 4. The predicted octanol–water partition coefficient (Wildman–Crippen LogP) is 2.09. The van der Waals surface area contributed by atoms with Gasteiger partial charge in [-0.25, -0.2) is 4.68 Å². The highest BCUT2D eigenvalue weighted by Crippen LogP contribution is 1.99. The maximum Gasteiger partial charge on any atom is 0.0964 e. The molecule has 1 N–H and O–H groups in total. The molecule has 0 amide bonds. The van der Waals surface area contributed by atoms with E-state index >= 15 is 0 Å². The van der Waals surface area contributed by atoms with Gasteiger partial charge in [0, 0.05) is 19.3 Å². The van der Waals surface area contributed by atoms with Crippen molar-refractivity contribution in [3.05, 3.63) is 11.9 Å². The average Bonchev–Trinajstić information content (AvgIpc) is 2.76. The van der Waals surface area contributed by atoms with E-state index in [2.05, 4.69) is 43.3 Å². The van der Waals surface area contributed by atoms with Gasteiger partial charge in [-0.05, 0) is 24.8 Å². The standard InChI is InChI=1S/C14H28N4O/c1-12(2)5-7-19-8-6-18-11-14(16-17-18)10-15-9-13(3)4/h11-13,15H,5-10H2,1-4H3. The number of ether oxygens (including phenoxy) is 1. The van der Waals surface area contributed by atoms with Gasteiger partial charge in [-0.3, -0.25) is 0 Å². The second-order valence-corrected chi connectivity index (χ2v) is 5.79. The highest BCUT2D eigenvalue weighted by Gasteiger charge is 2.01. The molecule has 5 heteroatoms. The van der Waals surface area contributed by atoms with Crippen LogP contribution in [0.1, 0.15) is 39.8 Å². The number of aromatic nitrogens is 3. The van der Waals surface area contributed by atoms with Gasteiger partial charge in [-0.2, -0.15) is 0 Å². The Labute approximate surface area is 116 Å². The molecule has 110 valence electrons. The SMILES string of the molecule is CC(C)CCOCCn1cc(CNCC(C)C)nn1. The molecule has 0 aliphatic heterocycles. The molecule has 1 rings (SSSR count). The fourth-order valence-corrected chi connectivity index (χ4v) is 1.60. The van der Waals surface area contributed by atoms with E-state index in [0.29, 0.717) is 18.4 Å². The van der Waals surface area contributed by atoms with Gasteiger partial charge in [-0.15, -0.1) is 5.10 Å². The van der Waals surface area contributed by atoms with Crippen LogP contribution >= 0.6 is 0 Å². The second-order valence-electron chi connectivity index (χ2n) is 5.79. The lowest BCUT2D eigenvalue weighted by Crippen LogP contribution is -2.19. The maximum atomic E-state index is 5.57. The molecule has 1 heterocycles. The third-order valence-corrected chi connectivity index (χ3v) is 2.75. The monoisotopic (exact) mass is 268 g/mol. The minimum atomic E-state index is 0.657. The molecule has 19 heavy (non-hydrogen) atoms. The third kappa shape index (κ3) is 7.95. The molecule has 0 aliphatic carbocycles. The maximum absolute atomic E-state index is 5.57. The summed E-state index contributed by atoms with van der Waals surface area (Å²) in [5.74, 6) is 1.36. The van der Waals surface area contributed by atoms with Gasteiger partial charge in [0.25, 0.3) is 0 Å². The molecule has 0 fully saturated rings. The summed E-state index contributed by atoms with van der Waals surface area (Å²) < 4.78 is 7.41. The van der Waals surface area contributed by atoms with Crippen LogP contribution in [0, 0.1) is 11.8 Å². The molecule has 0 saturated carbocycles. The summed E-state index contributed by atoms with van der Waals surface area (Å²) >= 11 is 0. The van der Waals surface area contributed by atoms with Crippen LogP contribution in [0.15, 0.2) is 6.20 Å². The number of hydrogen-bond donors (Lipinski definition) is 1. The van der Waals surface area contributed by atoms with Crippen LogP contribution in [-0.2, 0) is 17.8 Å². The van der Waals surface area contributed by atoms with Gasteiger partial charge < -0.3 is 10.1 Å². The van der Waals surface area contributed by atoms with Crippen LogP contribution in [0.3, 0.4) is 0 Å². The van der Waals surface area contributed by atoms with Crippen LogP contribution in [0.4, 0.5) is 0 Å². The number of rotatable bonds is 10. The van der Waals surface area contributed by atoms with Crippen molar-refractivity contribution in [2.24, 2.45) is 11.8 Å². The molecule has 0 radical (unpaired) electrons. The van der Waals surface area contributed by atoms with Crippen LogP contribution in [0.2, 0.25) is 0 Å². The summed E-state index contributed by atoms with van der Waals surface area (Å²) in [6.45, 7) is 12.9. The first-order chi connectivity index (χ1) is 9.08. The summed E-state index contributed by atoms with van der Waals surface area (Å²) in [7, 11) is 0. The molecular weight excluding hydrogens is 240 g/mol. The van der Waals surface area contributed by atoms with Crippen LogP contribution in [0.25, 0.3) is 0 Å². The van der Waals surface area contributed by atoms with Gasteiger partial charge in [0.2, 0.25) is 0 Å². The van der Waals surface area contributed by atoms with Gasteiger partial charge in [0.1, 0.15) is 0 Å².